The normalized spacial score (nSPS) is 14.8. The second-order valence-electron chi connectivity index (χ2n) is 5.09. The van der Waals surface area contributed by atoms with Crippen LogP contribution in [0.5, 0.6) is 11.5 Å². The molecule has 0 amide bonds. The maximum atomic E-state index is 14.1. The Morgan fingerprint density at radius 2 is 2.00 bits per heavy atom. The Labute approximate surface area is 146 Å². The molecule has 3 rings (SSSR count). The van der Waals surface area contributed by atoms with Crippen molar-refractivity contribution in [3.63, 3.8) is 0 Å². The molecule has 1 saturated heterocycles. The number of benzene rings is 2. The van der Waals surface area contributed by atoms with Crippen LogP contribution in [0.15, 0.2) is 40.9 Å². The van der Waals surface area contributed by atoms with E-state index in [2.05, 4.69) is 15.9 Å². The molecule has 2 aromatic carbocycles. The lowest BCUT2D eigenvalue weighted by Gasteiger charge is -2.14. The van der Waals surface area contributed by atoms with Crippen molar-refractivity contribution in [2.45, 2.75) is 6.29 Å². The van der Waals surface area contributed by atoms with Gasteiger partial charge in [-0.15, -0.1) is 0 Å². The number of hydrogen-bond donors (Lipinski definition) is 1. The summed E-state index contributed by atoms with van der Waals surface area (Å²) in [6.07, 6.45) is -0.489. The standard InChI is InChI=1S/C17H14BrFO5/c18-13-3-2-11(8-12(13)17-22-5-6-23-17)24-16-4-1-10(7-14(16)19)15(21)9-20/h1-4,7-8,17,20H,5-6,9H2. The van der Waals surface area contributed by atoms with Gasteiger partial charge in [-0.3, -0.25) is 4.79 Å². The molecule has 0 radical (unpaired) electrons. The van der Waals surface area contributed by atoms with E-state index in [1.54, 1.807) is 18.2 Å². The lowest BCUT2D eigenvalue weighted by atomic mass is 10.1. The molecule has 126 valence electrons. The molecular formula is C17H14BrFO5. The summed E-state index contributed by atoms with van der Waals surface area (Å²) < 4.78 is 31.4. The van der Waals surface area contributed by atoms with Crippen molar-refractivity contribution in [2.24, 2.45) is 0 Å². The van der Waals surface area contributed by atoms with E-state index in [-0.39, 0.29) is 11.3 Å². The number of ether oxygens (including phenoxy) is 3. The van der Waals surface area contributed by atoms with Crippen LogP contribution in [-0.2, 0) is 9.47 Å². The minimum atomic E-state index is -0.688. The molecule has 1 aliphatic heterocycles. The van der Waals surface area contributed by atoms with Gasteiger partial charge in [0, 0.05) is 15.6 Å². The van der Waals surface area contributed by atoms with Crippen molar-refractivity contribution in [3.05, 3.63) is 57.8 Å². The summed E-state index contributed by atoms with van der Waals surface area (Å²) in [7, 11) is 0. The summed E-state index contributed by atoms with van der Waals surface area (Å²) in [5.41, 5.74) is 0.837. The zero-order valence-electron chi connectivity index (χ0n) is 12.5. The third-order valence-electron chi connectivity index (χ3n) is 3.47. The summed E-state index contributed by atoms with van der Waals surface area (Å²) in [5, 5.41) is 8.81. The molecule has 0 spiro atoms. The lowest BCUT2D eigenvalue weighted by Crippen LogP contribution is -2.05. The molecule has 5 nitrogen and oxygen atoms in total. The average molecular weight is 397 g/mol. The van der Waals surface area contributed by atoms with Crippen LogP contribution < -0.4 is 4.74 Å². The van der Waals surface area contributed by atoms with Crippen LogP contribution in [0.1, 0.15) is 22.2 Å². The van der Waals surface area contributed by atoms with Gasteiger partial charge in [0.1, 0.15) is 12.4 Å². The molecule has 0 aliphatic carbocycles. The Morgan fingerprint density at radius 3 is 2.67 bits per heavy atom. The van der Waals surface area contributed by atoms with Gasteiger partial charge in [-0.2, -0.15) is 0 Å². The van der Waals surface area contributed by atoms with Gasteiger partial charge >= 0.3 is 0 Å². The minimum absolute atomic E-state index is 0.0222. The highest BCUT2D eigenvalue weighted by molar-refractivity contribution is 9.10. The van der Waals surface area contributed by atoms with Crippen molar-refractivity contribution in [2.75, 3.05) is 19.8 Å². The zero-order chi connectivity index (χ0) is 17.1. The van der Waals surface area contributed by atoms with Crippen molar-refractivity contribution in [1.82, 2.24) is 0 Å². The number of rotatable bonds is 5. The van der Waals surface area contributed by atoms with Gasteiger partial charge in [0.2, 0.25) is 0 Å². The molecule has 1 N–H and O–H groups in total. The summed E-state index contributed by atoms with van der Waals surface area (Å²) >= 11 is 3.42. The topological polar surface area (TPSA) is 65.0 Å². The van der Waals surface area contributed by atoms with E-state index in [1.807, 2.05) is 0 Å². The third-order valence-corrected chi connectivity index (χ3v) is 4.19. The molecule has 2 aromatic rings. The number of halogens is 2. The fourth-order valence-electron chi connectivity index (χ4n) is 2.28. The van der Waals surface area contributed by atoms with E-state index in [9.17, 15) is 9.18 Å². The highest BCUT2D eigenvalue weighted by Crippen LogP contribution is 2.34. The third kappa shape index (κ3) is 3.64. The van der Waals surface area contributed by atoms with Crippen LogP contribution in [0.25, 0.3) is 0 Å². The highest BCUT2D eigenvalue weighted by atomic mass is 79.9. The quantitative estimate of drug-likeness (QED) is 0.782. The Bertz CT molecular complexity index is 759. The van der Waals surface area contributed by atoms with Gasteiger partial charge in [0.05, 0.1) is 13.2 Å². The first-order chi connectivity index (χ1) is 11.6. The Morgan fingerprint density at radius 1 is 1.25 bits per heavy atom. The number of aliphatic hydroxyl groups is 1. The molecule has 24 heavy (non-hydrogen) atoms. The average Bonchev–Trinajstić information content (AvgIpc) is 3.12. The van der Waals surface area contributed by atoms with Crippen LogP contribution in [-0.4, -0.2) is 30.7 Å². The molecule has 0 unspecified atom stereocenters. The van der Waals surface area contributed by atoms with Crippen molar-refractivity contribution in [1.29, 1.82) is 0 Å². The predicted molar refractivity (Wildman–Crippen MR) is 86.7 cm³/mol. The largest absolute Gasteiger partial charge is 0.454 e. The van der Waals surface area contributed by atoms with E-state index >= 15 is 0 Å². The van der Waals surface area contributed by atoms with Gasteiger partial charge in [0.25, 0.3) is 0 Å². The number of Topliss-reactive ketones (excluding diaryl/α,β-unsaturated/α-hetero) is 1. The van der Waals surface area contributed by atoms with E-state index in [0.29, 0.717) is 19.0 Å². The monoisotopic (exact) mass is 396 g/mol. The number of carbonyl (C=O) groups excluding carboxylic acids is 1. The van der Waals surface area contributed by atoms with Crippen LogP contribution in [0.4, 0.5) is 4.39 Å². The van der Waals surface area contributed by atoms with E-state index in [4.69, 9.17) is 19.3 Å². The van der Waals surface area contributed by atoms with Gasteiger partial charge in [0.15, 0.2) is 23.6 Å². The summed E-state index contributed by atoms with van der Waals surface area (Å²) in [6, 6.07) is 8.93. The van der Waals surface area contributed by atoms with Crippen molar-refractivity contribution < 1.29 is 28.5 Å². The smallest absolute Gasteiger partial charge is 0.188 e. The van der Waals surface area contributed by atoms with E-state index in [1.165, 1.54) is 12.1 Å². The Balaban J connectivity index is 1.83. The number of aliphatic hydroxyl groups excluding tert-OH is 1. The van der Waals surface area contributed by atoms with Crippen LogP contribution in [0.2, 0.25) is 0 Å². The zero-order valence-corrected chi connectivity index (χ0v) is 14.1. The Kier molecular flexibility index (Phi) is 5.25. The van der Waals surface area contributed by atoms with E-state index < -0.39 is 24.5 Å². The minimum Gasteiger partial charge on any atom is -0.454 e. The summed E-state index contributed by atoms with van der Waals surface area (Å²) in [6.45, 7) is 0.353. The van der Waals surface area contributed by atoms with Crippen LogP contribution in [0.3, 0.4) is 0 Å². The second-order valence-corrected chi connectivity index (χ2v) is 5.94. The van der Waals surface area contributed by atoms with Crippen molar-refractivity contribution >= 4 is 21.7 Å². The van der Waals surface area contributed by atoms with Gasteiger partial charge < -0.3 is 19.3 Å². The van der Waals surface area contributed by atoms with Gasteiger partial charge in [-0.25, -0.2) is 4.39 Å². The fourth-order valence-corrected chi connectivity index (χ4v) is 2.71. The van der Waals surface area contributed by atoms with Gasteiger partial charge in [-0.1, -0.05) is 15.9 Å². The molecular weight excluding hydrogens is 383 g/mol. The molecule has 0 aromatic heterocycles. The number of carbonyl (C=O) groups is 1. The lowest BCUT2D eigenvalue weighted by molar-refractivity contribution is -0.0447. The van der Waals surface area contributed by atoms with Crippen LogP contribution in [0, 0.1) is 5.82 Å². The van der Waals surface area contributed by atoms with E-state index in [0.717, 1.165) is 16.1 Å². The Hall–Kier alpha value is -1.80. The second kappa shape index (κ2) is 7.40. The summed E-state index contributed by atoms with van der Waals surface area (Å²) in [5.74, 6) is -0.854. The highest BCUT2D eigenvalue weighted by Gasteiger charge is 2.21. The first kappa shape index (κ1) is 17.0. The maximum Gasteiger partial charge on any atom is 0.188 e. The molecule has 7 heteroatoms. The van der Waals surface area contributed by atoms with Gasteiger partial charge in [-0.05, 0) is 36.4 Å². The molecule has 0 bridgehead atoms. The molecule has 0 atom stereocenters. The molecule has 1 fully saturated rings. The summed E-state index contributed by atoms with van der Waals surface area (Å²) in [4.78, 5) is 11.4. The van der Waals surface area contributed by atoms with Crippen LogP contribution >= 0.6 is 15.9 Å². The number of hydrogen-bond acceptors (Lipinski definition) is 5. The number of ketones is 1. The molecule has 0 saturated carbocycles. The molecule has 1 heterocycles. The van der Waals surface area contributed by atoms with Crippen molar-refractivity contribution in [3.8, 4) is 11.5 Å². The fraction of sp³-hybridized carbons (Fsp3) is 0.235. The molecule has 1 aliphatic rings. The SMILES string of the molecule is O=C(CO)c1ccc(Oc2ccc(Br)c(C3OCCO3)c2)c(F)c1. The predicted octanol–water partition coefficient (Wildman–Crippen LogP) is 3.60. The maximum absolute atomic E-state index is 14.1. The first-order valence-electron chi connectivity index (χ1n) is 7.22. The first-order valence-corrected chi connectivity index (χ1v) is 8.02.